The fourth-order valence-electron chi connectivity index (χ4n) is 3.97. The van der Waals surface area contributed by atoms with Gasteiger partial charge in [0.25, 0.3) is 6.01 Å². The highest BCUT2D eigenvalue weighted by molar-refractivity contribution is 7.80. The van der Waals surface area contributed by atoms with Crippen LogP contribution in [-0.4, -0.2) is 24.6 Å². The number of nitrogens with zero attached hydrogens (tertiary/aromatic N) is 2. The van der Waals surface area contributed by atoms with E-state index in [9.17, 15) is 13.6 Å². The number of rotatable bonds is 10. The van der Waals surface area contributed by atoms with Gasteiger partial charge in [0.1, 0.15) is 5.01 Å². The molecule has 1 unspecified atom stereocenters. The molecule has 0 bridgehead atoms. The summed E-state index contributed by atoms with van der Waals surface area (Å²) in [7, 11) is 0. The number of thiazole rings is 1. The third kappa shape index (κ3) is 6.96. The Morgan fingerprint density at radius 2 is 1.72 bits per heavy atom. The van der Waals surface area contributed by atoms with E-state index in [2.05, 4.69) is 20.3 Å². The number of anilines is 3. The molecule has 0 saturated heterocycles. The van der Waals surface area contributed by atoms with Crippen molar-refractivity contribution in [1.29, 1.82) is 0 Å². The lowest BCUT2D eigenvalue weighted by atomic mass is 10.0. The first-order valence-corrected chi connectivity index (χ1v) is 13.9. The first-order valence-electron chi connectivity index (χ1n) is 12.0. The first-order chi connectivity index (χ1) is 18.9. The Kier molecular flexibility index (Phi) is 8.11. The van der Waals surface area contributed by atoms with Gasteiger partial charge in [0.15, 0.2) is 5.76 Å². The number of amides is 1. The molecule has 0 saturated carbocycles. The number of hydrogen-bond donors (Lipinski definition) is 3. The number of carbonyl (C=O) groups excluding carboxylic acids is 1. The van der Waals surface area contributed by atoms with E-state index in [0.717, 1.165) is 27.4 Å². The predicted octanol–water partition coefficient (Wildman–Crippen LogP) is 6.03. The van der Waals surface area contributed by atoms with Crippen LogP contribution in [0.2, 0.25) is 0 Å². The summed E-state index contributed by atoms with van der Waals surface area (Å²) in [4.78, 5) is 20.6. The SMILES string of the molecule is CC(=O)Nc1ccc(-c2cnc(N[C@@H](Cc3ccc(NS(=O)[O-])cc3)c3csc(-c4ccccc4)n3)o2)cc1. The van der Waals surface area contributed by atoms with Gasteiger partial charge in [-0.25, -0.2) is 9.97 Å². The molecule has 3 aromatic carbocycles. The summed E-state index contributed by atoms with van der Waals surface area (Å²) >= 11 is -0.825. The molecule has 0 fully saturated rings. The number of hydrogen-bond acceptors (Lipinski definition) is 8. The van der Waals surface area contributed by atoms with E-state index in [1.54, 1.807) is 41.8 Å². The standard InChI is InChI=1S/C28H25N5O4S2/c1-18(34)30-22-13-9-20(10-14-22)26-16-29-28(37-26)32-24(15-19-7-11-23(12-8-19)33-39(35)36)25-17-38-27(31-25)21-5-3-2-4-6-21/h2-14,16-17,24,33H,15H2,1H3,(H,29,32)(H,30,34)(H,35,36)/p-1/t24-/m0/s1. The third-order valence-corrected chi connectivity index (χ3v) is 7.10. The molecule has 5 rings (SSSR count). The van der Waals surface area contributed by atoms with Crippen molar-refractivity contribution >= 4 is 45.9 Å². The smallest absolute Gasteiger partial charge is 0.295 e. The molecule has 0 aliphatic rings. The van der Waals surface area contributed by atoms with Gasteiger partial charge in [0.2, 0.25) is 5.91 Å². The fraction of sp³-hybridized carbons (Fsp3) is 0.107. The molecule has 0 aliphatic carbocycles. The summed E-state index contributed by atoms with van der Waals surface area (Å²) in [5.74, 6) is 0.443. The van der Waals surface area contributed by atoms with Crippen LogP contribution in [0.1, 0.15) is 24.2 Å². The molecule has 3 N–H and O–H groups in total. The van der Waals surface area contributed by atoms with Crippen LogP contribution >= 0.6 is 11.3 Å². The zero-order chi connectivity index (χ0) is 27.2. The van der Waals surface area contributed by atoms with Crippen LogP contribution in [0, 0.1) is 0 Å². The summed E-state index contributed by atoms with van der Waals surface area (Å²) in [5, 5.41) is 9.04. The second-order valence-corrected chi connectivity index (χ2v) is 10.2. The molecule has 2 heterocycles. The van der Waals surface area contributed by atoms with Crippen molar-refractivity contribution in [3.8, 4) is 21.9 Å². The van der Waals surface area contributed by atoms with Crippen LogP contribution in [0.15, 0.2) is 94.9 Å². The number of nitrogens with one attached hydrogen (secondary N) is 3. The average molecular weight is 559 g/mol. The van der Waals surface area contributed by atoms with E-state index in [1.807, 2.05) is 60.0 Å². The van der Waals surface area contributed by atoms with Crippen LogP contribution in [-0.2, 0) is 22.5 Å². The highest BCUT2D eigenvalue weighted by Crippen LogP contribution is 2.31. The minimum Gasteiger partial charge on any atom is -0.755 e. The van der Waals surface area contributed by atoms with E-state index in [-0.39, 0.29) is 11.9 Å². The summed E-state index contributed by atoms with van der Waals surface area (Å²) in [6.45, 7) is 1.46. The molecular weight excluding hydrogens is 534 g/mol. The summed E-state index contributed by atoms with van der Waals surface area (Å²) < 4.78 is 30.3. The Labute approximate surface area is 231 Å². The summed E-state index contributed by atoms with van der Waals surface area (Å²) in [6.07, 6.45) is 2.20. The van der Waals surface area contributed by atoms with Gasteiger partial charge in [0.05, 0.1) is 17.9 Å². The second-order valence-electron chi connectivity index (χ2n) is 8.67. The van der Waals surface area contributed by atoms with Gasteiger partial charge in [-0.15, -0.1) is 11.3 Å². The van der Waals surface area contributed by atoms with Gasteiger partial charge in [0, 0.05) is 46.1 Å². The van der Waals surface area contributed by atoms with Gasteiger partial charge >= 0.3 is 0 Å². The monoisotopic (exact) mass is 558 g/mol. The molecule has 2 atom stereocenters. The topological polar surface area (TPSA) is 132 Å². The van der Waals surface area contributed by atoms with Crippen LogP contribution in [0.25, 0.3) is 21.9 Å². The summed E-state index contributed by atoms with van der Waals surface area (Å²) in [5.41, 5.74) is 4.85. The van der Waals surface area contributed by atoms with Crippen LogP contribution < -0.4 is 15.4 Å². The van der Waals surface area contributed by atoms with Crippen LogP contribution in [0.3, 0.4) is 0 Å². The molecular formula is C28H24N5O4S2-. The van der Waals surface area contributed by atoms with Crippen LogP contribution in [0.4, 0.5) is 17.4 Å². The number of carbonyl (C=O) groups is 1. The Hall–Kier alpha value is -4.32. The van der Waals surface area contributed by atoms with Gasteiger partial charge in [-0.05, 0) is 48.4 Å². The Bertz CT molecular complexity index is 1570. The molecule has 5 aromatic rings. The average Bonchev–Trinajstić information content (AvgIpc) is 3.60. The van der Waals surface area contributed by atoms with Crippen molar-refractivity contribution < 1.29 is 18.0 Å². The van der Waals surface area contributed by atoms with Crippen molar-refractivity contribution in [3.05, 3.63) is 102 Å². The minimum atomic E-state index is -2.38. The molecule has 2 aromatic heterocycles. The van der Waals surface area contributed by atoms with E-state index >= 15 is 0 Å². The van der Waals surface area contributed by atoms with Crippen molar-refractivity contribution in [1.82, 2.24) is 9.97 Å². The van der Waals surface area contributed by atoms with Crippen LogP contribution in [0.5, 0.6) is 0 Å². The van der Waals surface area contributed by atoms with Crippen molar-refractivity contribution in [3.63, 3.8) is 0 Å². The maximum absolute atomic E-state index is 11.3. The van der Waals surface area contributed by atoms with Gasteiger partial charge in [-0.2, -0.15) is 0 Å². The molecule has 0 radical (unpaired) electrons. The van der Waals surface area contributed by atoms with Crippen molar-refractivity contribution in [2.24, 2.45) is 0 Å². The van der Waals surface area contributed by atoms with Gasteiger partial charge in [-0.3, -0.25) is 9.00 Å². The lowest BCUT2D eigenvalue weighted by Gasteiger charge is -2.16. The molecule has 39 heavy (non-hydrogen) atoms. The largest absolute Gasteiger partial charge is 0.755 e. The fourth-order valence-corrected chi connectivity index (χ4v) is 5.18. The highest BCUT2D eigenvalue weighted by atomic mass is 32.2. The Morgan fingerprint density at radius 3 is 2.41 bits per heavy atom. The normalized spacial score (nSPS) is 12.5. The van der Waals surface area contributed by atoms with E-state index in [0.29, 0.717) is 29.6 Å². The molecule has 1 amide bonds. The zero-order valence-electron chi connectivity index (χ0n) is 20.8. The lowest BCUT2D eigenvalue weighted by Crippen LogP contribution is -2.14. The zero-order valence-corrected chi connectivity index (χ0v) is 22.4. The quantitative estimate of drug-likeness (QED) is 0.178. The Balaban J connectivity index is 1.38. The van der Waals surface area contributed by atoms with E-state index in [4.69, 9.17) is 9.40 Å². The lowest BCUT2D eigenvalue weighted by molar-refractivity contribution is -0.114. The summed E-state index contributed by atoms with van der Waals surface area (Å²) in [6, 6.07) is 24.5. The van der Waals surface area contributed by atoms with Gasteiger partial charge in [-0.1, -0.05) is 42.5 Å². The number of aromatic nitrogens is 2. The molecule has 0 spiro atoms. The van der Waals surface area contributed by atoms with Crippen molar-refractivity contribution in [2.75, 3.05) is 15.4 Å². The molecule has 11 heteroatoms. The second kappa shape index (κ2) is 12.0. The van der Waals surface area contributed by atoms with E-state index < -0.39 is 11.3 Å². The van der Waals surface area contributed by atoms with E-state index in [1.165, 1.54) is 6.92 Å². The maximum atomic E-state index is 11.3. The third-order valence-electron chi connectivity index (χ3n) is 5.79. The minimum absolute atomic E-state index is 0.135. The Morgan fingerprint density at radius 1 is 1.00 bits per heavy atom. The van der Waals surface area contributed by atoms with Crippen molar-refractivity contribution in [2.45, 2.75) is 19.4 Å². The molecule has 9 nitrogen and oxygen atoms in total. The molecule has 0 aliphatic heterocycles. The number of oxazole rings is 1. The first kappa shape index (κ1) is 26.3. The number of benzene rings is 3. The highest BCUT2D eigenvalue weighted by Gasteiger charge is 2.19. The molecule has 198 valence electrons. The maximum Gasteiger partial charge on any atom is 0.295 e. The predicted molar refractivity (Wildman–Crippen MR) is 153 cm³/mol. The van der Waals surface area contributed by atoms with Gasteiger partial charge < -0.3 is 24.3 Å².